The molecule has 0 saturated carbocycles. The fourth-order valence-electron chi connectivity index (χ4n) is 2.81. The van der Waals surface area contributed by atoms with Crippen LogP contribution >= 0.6 is 0 Å². The lowest BCUT2D eigenvalue weighted by atomic mass is 10.0. The van der Waals surface area contributed by atoms with Gasteiger partial charge < -0.3 is 15.0 Å². The van der Waals surface area contributed by atoms with Crippen molar-refractivity contribution in [1.29, 1.82) is 0 Å². The molecule has 6 heteroatoms. The van der Waals surface area contributed by atoms with E-state index in [2.05, 4.69) is 32.4 Å². The Morgan fingerprint density at radius 1 is 1.33 bits per heavy atom. The molecule has 1 fully saturated rings. The van der Waals surface area contributed by atoms with Gasteiger partial charge in [0.05, 0.1) is 13.2 Å². The minimum atomic E-state index is -0.403. The zero-order valence-electron chi connectivity index (χ0n) is 13.7. The van der Waals surface area contributed by atoms with Gasteiger partial charge in [-0.05, 0) is 18.2 Å². The van der Waals surface area contributed by atoms with Crippen LogP contribution in [0.4, 0.5) is 11.4 Å². The van der Waals surface area contributed by atoms with Crippen LogP contribution in [0.25, 0.3) is 0 Å². The molecule has 1 amide bonds. The van der Waals surface area contributed by atoms with E-state index in [9.17, 15) is 4.79 Å². The molecule has 0 aromatic heterocycles. The third kappa shape index (κ3) is 4.33. The summed E-state index contributed by atoms with van der Waals surface area (Å²) in [5.74, 6) is 2.57. The summed E-state index contributed by atoms with van der Waals surface area (Å²) in [5.41, 5.74) is 1.51. The maximum atomic E-state index is 12.2. The Bertz CT molecular complexity index is 653. The fourth-order valence-corrected chi connectivity index (χ4v) is 2.81. The normalized spacial score (nSPS) is 18.0. The number of amides is 1. The molecule has 3 rings (SSSR count). The summed E-state index contributed by atoms with van der Waals surface area (Å²) < 4.78 is 5.37. The first-order chi connectivity index (χ1) is 11.7. The van der Waals surface area contributed by atoms with Gasteiger partial charge in [0.2, 0.25) is 5.91 Å². The van der Waals surface area contributed by atoms with Crippen LogP contribution in [0.15, 0.2) is 34.5 Å². The largest absolute Gasteiger partial charge is 0.378 e. The second-order valence-electron chi connectivity index (χ2n) is 6.08. The number of anilines is 2. The highest BCUT2D eigenvalue weighted by Gasteiger charge is 2.39. The van der Waals surface area contributed by atoms with Crippen molar-refractivity contribution in [1.82, 2.24) is 0 Å². The molecule has 2 heterocycles. The molecule has 126 valence electrons. The Kier molecular flexibility index (Phi) is 5.11. The van der Waals surface area contributed by atoms with E-state index in [-0.39, 0.29) is 5.91 Å². The highest BCUT2D eigenvalue weighted by atomic mass is 16.5. The van der Waals surface area contributed by atoms with Gasteiger partial charge in [-0.25, -0.2) is 0 Å². The molecule has 0 spiro atoms. The average molecular weight is 326 g/mol. The molecule has 0 unspecified atom stereocenters. The molecule has 24 heavy (non-hydrogen) atoms. The highest BCUT2D eigenvalue weighted by Crippen LogP contribution is 2.37. The van der Waals surface area contributed by atoms with Crippen molar-refractivity contribution in [2.24, 2.45) is 10.2 Å². The number of carbonyl (C=O) groups excluding carboxylic acids is 1. The number of hydrogen-bond acceptors (Lipinski definition) is 5. The van der Waals surface area contributed by atoms with Crippen LogP contribution in [0.3, 0.4) is 0 Å². The van der Waals surface area contributed by atoms with E-state index in [1.54, 1.807) is 0 Å². The molecule has 0 bridgehead atoms. The summed E-state index contributed by atoms with van der Waals surface area (Å²) in [5, 5.41) is 11.1. The van der Waals surface area contributed by atoms with Gasteiger partial charge in [-0.1, -0.05) is 6.07 Å². The van der Waals surface area contributed by atoms with Gasteiger partial charge in [0, 0.05) is 50.1 Å². The van der Waals surface area contributed by atoms with Crippen LogP contribution in [0, 0.1) is 12.3 Å². The van der Waals surface area contributed by atoms with E-state index in [0.29, 0.717) is 19.3 Å². The zero-order valence-corrected chi connectivity index (χ0v) is 13.7. The molecule has 0 radical (unpaired) electrons. The summed E-state index contributed by atoms with van der Waals surface area (Å²) in [6, 6.07) is 7.92. The maximum Gasteiger partial charge on any atom is 0.224 e. The van der Waals surface area contributed by atoms with Crippen LogP contribution in [-0.4, -0.2) is 37.9 Å². The second-order valence-corrected chi connectivity index (χ2v) is 6.08. The van der Waals surface area contributed by atoms with Crippen molar-refractivity contribution in [3.63, 3.8) is 0 Å². The minimum Gasteiger partial charge on any atom is -0.378 e. The lowest BCUT2D eigenvalue weighted by Crippen LogP contribution is -2.36. The molecule has 0 aliphatic carbocycles. The molecule has 0 atom stereocenters. The van der Waals surface area contributed by atoms with Crippen LogP contribution in [-0.2, 0) is 9.53 Å². The van der Waals surface area contributed by atoms with Crippen molar-refractivity contribution >= 4 is 17.3 Å². The Balaban J connectivity index is 1.50. The first-order valence-corrected chi connectivity index (χ1v) is 8.31. The lowest BCUT2D eigenvalue weighted by molar-refractivity contribution is -0.116. The predicted molar refractivity (Wildman–Crippen MR) is 93.0 cm³/mol. The third-order valence-corrected chi connectivity index (χ3v) is 4.31. The number of benzene rings is 1. The van der Waals surface area contributed by atoms with Gasteiger partial charge in [-0.2, -0.15) is 10.2 Å². The minimum absolute atomic E-state index is 0.0217. The van der Waals surface area contributed by atoms with Crippen LogP contribution in [0.5, 0.6) is 0 Å². The van der Waals surface area contributed by atoms with Crippen LogP contribution in [0.2, 0.25) is 0 Å². The number of ether oxygens (including phenoxy) is 1. The number of morpholine rings is 1. The fraction of sp³-hybridized carbons (Fsp3) is 0.500. The first-order valence-electron chi connectivity index (χ1n) is 8.31. The highest BCUT2D eigenvalue weighted by molar-refractivity contribution is 5.91. The van der Waals surface area contributed by atoms with E-state index in [1.807, 2.05) is 18.2 Å². The Hall–Kier alpha value is -2.39. The van der Waals surface area contributed by atoms with Gasteiger partial charge in [0.1, 0.15) is 0 Å². The molecule has 1 saturated heterocycles. The van der Waals surface area contributed by atoms with Gasteiger partial charge in [0.25, 0.3) is 0 Å². The van der Waals surface area contributed by atoms with E-state index in [1.165, 1.54) is 0 Å². The number of rotatable bonds is 7. The molecule has 1 aromatic carbocycles. The maximum absolute atomic E-state index is 12.2. The van der Waals surface area contributed by atoms with E-state index in [0.717, 1.165) is 44.1 Å². The van der Waals surface area contributed by atoms with Crippen LogP contribution in [0.1, 0.15) is 25.7 Å². The SMILES string of the molecule is C#CCCC1(CCC(=O)Nc2cccc(N3CCOCC3)c2)N=N1. The van der Waals surface area contributed by atoms with E-state index in [4.69, 9.17) is 11.2 Å². The molecular formula is C18H22N4O2. The standard InChI is InChI=1S/C18H22N4O2/c1-2-3-8-18(20-21-18)9-7-17(23)19-15-5-4-6-16(14-15)22-10-12-24-13-11-22/h1,4-6,14H,3,7-13H2,(H,19,23). The van der Waals surface area contributed by atoms with Crippen molar-refractivity contribution in [3.05, 3.63) is 24.3 Å². The summed E-state index contributed by atoms with van der Waals surface area (Å²) >= 11 is 0. The van der Waals surface area contributed by atoms with Gasteiger partial charge in [-0.3, -0.25) is 4.79 Å². The number of hydrogen-bond donors (Lipinski definition) is 1. The molecule has 2 aliphatic heterocycles. The Labute approximate surface area is 142 Å². The monoisotopic (exact) mass is 326 g/mol. The number of nitrogens with one attached hydrogen (secondary N) is 1. The Morgan fingerprint density at radius 3 is 2.83 bits per heavy atom. The number of carbonyl (C=O) groups is 1. The second kappa shape index (κ2) is 7.45. The topological polar surface area (TPSA) is 66.3 Å². The van der Waals surface area contributed by atoms with E-state index >= 15 is 0 Å². The summed E-state index contributed by atoms with van der Waals surface area (Å²) in [6.07, 6.45) is 7.64. The van der Waals surface area contributed by atoms with Crippen molar-refractivity contribution in [2.45, 2.75) is 31.3 Å². The average Bonchev–Trinajstić information content (AvgIpc) is 3.40. The van der Waals surface area contributed by atoms with Crippen molar-refractivity contribution < 1.29 is 9.53 Å². The number of terminal acetylenes is 1. The lowest BCUT2D eigenvalue weighted by Gasteiger charge is -2.29. The summed E-state index contributed by atoms with van der Waals surface area (Å²) in [6.45, 7) is 3.23. The molecule has 6 nitrogen and oxygen atoms in total. The quantitative estimate of drug-likeness (QED) is 0.784. The zero-order chi connectivity index (χ0) is 16.8. The van der Waals surface area contributed by atoms with Gasteiger partial charge in [-0.15, -0.1) is 12.3 Å². The molecular weight excluding hydrogens is 304 g/mol. The molecule has 1 aromatic rings. The summed E-state index contributed by atoms with van der Waals surface area (Å²) in [4.78, 5) is 14.4. The number of nitrogens with zero attached hydrogens (tertiary/aromatic N) is 3. The Morgan fingerprint density at radius 2 is 2.12 bits per heavy atom. The van der Waals surface area contributed by atoms with E-state index < -0.39 is 5.66 Å². The van der Waals surface area contributed by atoms with Crippen molar-refractivity contribution in [2.75, 3.05) is 36.5 Å². The summed E-state index contributed by atoms with van der Waals surface area (Å²) in [7, 11) is 0. The predicted octanol–water partition coefficient (Wildman–Crippen LogP) is 2.82. The van der Waals surface area contributed by atoms with Gasteiger partial charge >= 0.3 is 0 Å². The van der Waals surface area contributed by atoms with Gasteiger partial charge in [0.15, 0.2) is 5.66 Å². The first kappa shape index (κ1) is 16.5. The smallest absolute Gasteiger partial charge is 0.224 e. The molecule has 2 aliphatic rings. The molecule has 1 N–H and O–H groups in total. The third-order valence-electron chi connectivity index (χ3n) is 4.31. The van der Waals surface area contributed by atoms with Crippen molar-refractivity contribution in [3.8, 4) is 12.3 Å². The van der Waals surface area contributed by atoms with Crippen LogP contribution < -0.4 is 10.2 Å².